The van der Waals surface area contributed by atoms with E-state index < -0.39 is 0 Å². The number of fused-ring (bicyclic) bond motifs is 2. The summed E-state index contributed by atoms with van der Waals surface area (Å²) in [5.74, 6) is -0.231. The number of hydrogen-bond acceptors (Lipinski definition) is 3. The molecule has 3 aromatic rings. The molecule has 5 heteroatoms. The Morgan fingerprint density at radius 3 is 2.71 bits per heavy atom. The summed E-state index contributed by atoms with van der Waals surface area (Å²) in [4.78, 5) is 29.2. The average Bonchev–Trinajstić information content (AvgIpc) is 2.46. The number of benzene rings is 1. The fourth-order valence-corrected chi connectivity index (χ4v) is 2.29. The second kappa shape index (κ2) is 5.01. The number of nitrogens with one attached hydrogen (secondary N) is 1. The van der Waals surface area contributed by atoms with E-state index in [2.05, 4.69) is 10.3 Å². The smallest absolute Gasteiger partial charge is 0.265 e. The predicted molar refractivity (Wildman–Crippen MR) is 81.6 cm³/mol. The number of aromatic nitrogens is 2. The van der Waals surface area contributed by atoms with Gasteiger partial charge in [0.25, 0.3) is 11.5 Å². The summed E-state index contributed by atoms with van der Waals surface area (Å²) in [5, 5.41) is 3.36. The van der Waals surface area contributed by atoms with Crippen LogP contribution in [-0.2, 0) is 0 Å². The zero-order chi connectivity index (χ0) is 15.0. The lowest BCUT2D eigenvalue weighted by molar-refractivity contribution is 0.0944. The van der Waals surface area contributed by atoms with Crippen molar-refractivity contribution < 1.29 is 4.79 Å². The van der Waals surface area contributed by atoms with Gasteiger partial charge in [0.05, 0.1) is 16.5 Å². The van der Waals surface area contributed by atoms with Crippen LogP contribution in [0, 0.1) is 0 Å². The number of carbonyl (C=O) groups is 1. The van der Waals surface area contributed by atoms with Crippen molar-refractivity contribution in [3.05, 3.63) is 58.5 Å². The molecule has 2 aromatic heterocycles. The van der Waals surface area contributed by atoms with E-state index in [-0.39, 0.29) is 17.5 Å². The van der Waals surface area contributed by atoms with Gasteiger partial charge in [0.1, 0.15) is 0 Å². The summed E-state index contributed by atoms with van der Waals surface area (Å²) in [7, 11) is 0. The Morgan fingerprint density at radius 2 is 1.95 bits per heavy atom. The Kier molecular flexibility index (Phi) is 3.17. The maximum atomic E-state index is 12.5. The van der Waals surface area contributed by atoms with Gasteiger partial charge in [-0.2, -0.15) is 0 Å². The van der Waals surface area contributed by atoms with Crippen LogP contribution in [0.25, 0.3) is 16.6 Å². The van der Waals surface area contributed by atoms with Crippen LogP contribution >= 0.6 is 0 Å². The molecule has 106 valence electrons. The van der Waals surface area contributed by atoms with Crippen LogP contribution < -0.4 is 10.9 Å². The van der Waals surface area contributed by atoms with Gasteiger partial charge in [0.15, 0.2) is 5.65 Å². The number of carbonyl (C=O) groups excluding carboxylic acids is 1. The molecule has 0 saturated heterocycles. The first kappa shape index (κ1) is 13.3. The fraction of sp³-hybridized carbons (Fsp3) is 0.188. The lowest BCUT2D eigenvalue weighted by Crippen LogP contribution is -2.31. The van der Waals surface area contributed by atoms with Crippen molar-refractivity contribution in [1.29, 1.82) is 0 Å². The van der Waals surface area contributed by atoms with Crippen molar-refractivity contribution in [2.75, 3.05) is 0 Å². The molecule has 1 aromatic carbocycles. The first-order valence-corrected chi connectivity index (χ1v) is 6.79. The Labute approximate surface area is 121 Å². The standard InChI is InChI=1S/C16H15N3O2/c1-10(2)17-15(20)12-7-5-9-19-14(12)18-13-8-4-3-6-11(13)16(19)21/h3-10H,1-2H3,(H,17,20). The van der Waals surface area contributed by atoms with Gasteiger partial charge in [-0.1, -0.05) is 12.1 Å². The third-order valence-corrected chi connectivity index (χ3v) is 3.21. The van der Waals surface area contributed by atoms with Crippen molar-refractivity contribution in [1.82, 2.24) is 14.7 Å². The number of para-hydroxylation sites is 1. The molecule has 5 nitrogen and oxygen atoms in total. The number of amides is 1. The molecule has 0 atom stereocenters. The van der Waals surface area contributed by atoms with Crippen LogP contribution in [-0.4, -0.2) is 21.3 Å². The van der Waals surface area contributed by atoms with Gasteiger partial charge in [-0.25, -0.2) is 4.98 Å². The van der Waals surface area contributed by atoms with Crippen LogP contribution in [0.15, 0.2) is 47.4 Å². The topological polar surface area (TPSA) is 63.5 Å². The van der Waals surface area contributed by atoms with E-state index in [0.29, 0.717) is 22.1 Å². The summed E-state index contributed by atoms with van der Waals surface area (Å²) < 4.78 is 1.41. The summed E-state index contributed by atoms with van der Waals surface area (Å²) >= 11 is 0. The van der Waals surface area contributed by atoms with Gasteiger partial charge in [0, 0.05) is 12.2 Å². The second-order valence-electron chi connectivity index (χ2n) is 5.18. The number of rotatable bonds is 2. The first-order chi connectivity index (χ1) is 10.1. The van der Waals surface area contributed by atoms with Crippen molar-refractivity contribution in [2.24, 2.45) is 0 Å². The van der Waals surface area contributed by atoms with Gasteiger partial charge in [-0.05, 0) is 38.1 Å². The van der Waals surface area contributed by atoms with Gasteiger partial charge in [-0.3, -0.25) is 14.0 Å². The molecule has 1 N–H and O–H groups in total. The number of pyridine rings is 1. The highest BCUT2D eigenvalue weighted by Crippen LogP contribution is 2.12. The van der Waals surface area contributed by atoms with Crippen LogP contribution in [0.2, 0.25) is 0 Å². The van der Waals surface area contributed by atoms with Gasteiger partial charge in [-0.15, -0.1) is 0 Å². The molecule has 0 unspecified atom stereocenters. The maximum Gasteiger partial charge on any atom is 0.265 e. The van der Waals surface area contributed by atoms with E-state index in [4.69, 9.17) is 0 Å². The molecule has 0 spiro atoms. The highest BCUT2D eigenvalue weighted by atomic mass is 16.2. The van der Waals surface area contributed by atoms with Gasteiger partial charge < -0.3 is 5.32 Å². The molecule has 0 aliphatic carbocycles. The molecule has 0 fully saturated rings. The molecule has 3 rings (SSSR count). The molecule has 2 heterocycles. The monoisotopic (exact) mass is 281 g/mol. The summed E-state index contributed by atoms with van der Waals surface area (Å²) in [6, 6.07) is 10.5. The quantitative estimate of drug-likeness (QED) is 0.731. The van der Waals surface area contributed by atoms with E-state index in [1.807, 2.05) is 19.9 Å². The van der Waals surface area contributed by atoms with Gasteiger partial charge in [0.2, 0.25) is 0 Å². The third-order valence-electron chi connectivity index (χ3n) is 3.21. The van der Waals surface area contributed by atoms with Crippen molar-refractivity contribution in [3.63, 3.8) is 0 Å². The average molecular weight is 281 g/mol. The van der Waals surface area contributed by atoms with Gasteiger partial charge >= 0.3 is 0 Å². The molecular weight excluding hydrogens is 266 g/mol. The second-order valence-corrected chi connectivity index (χ2v) is 5.18. The van der Waals surface area contributed by atoms with Crippen LogP contribution in [0.3, 0.4) is 0 Å². The molecule has 0 radical (unpaired) electrons. The maximum absolute atomic E-state index is 12.5. The minimum absolute atomic E-state index is 0.0185. The van der Waals surface area contributed by atoms with Crippen LogP contribution in [0.5, 0.6) is 0 Å². The van der Waals surface area contributed by atoms with Crippen LogP contribution in [0.4, 0.5) is 0 Å². The molecule has 1 amide bonds. The van der Waals surface area contributed by atoms with E-state index in [0.717, 1.165) is 0 Å². The normalized spacial score (nSPS) is 11.2. The number of nitrogens with zero attached hydrogens (tertiary/aromatic N) is 2. The highest BCUT2D eigenvalue weighted by molar-refractivity contribution is 6.00. The molecule has 21 heavy (non-hydrogen) atoms. The van der Waals surface area contributed by atoms with E-state index in [1.54, 1.807) is 36.5 Å². The Morgan fingerprint density at radius 1 is 1.19 bits per heavy atom. The summed E-state index contributed by atoms with van der Waals surface area (Å²) in [6.45, 7) is 3.77. The lowest BCUT2D eigenvalue weighted by atomic mass is 10.2. The first-order valence-electron chi connectivity index (χ1n) is 6.79. The zero-order valence-corrected chi connectivity index (χ0v) is 11.8. The van der Waals surface area contributed by atoms with E-state index >= 15 is 0 Å². The lowest BCUT2D eigenvalue weighted by Gasteiger charge is -2.11. The SMILES string of the molecule is CC(C)NC(=O)c1cccn2c(=O)c3ccccc3nc12. The zero-order valence-electron chi connectivity index (χ0n) is 11.8. The molecular formula is C16H15N3O2. The van der Waals surface area contributed by atoms with Crippen molar-refractivity contribution in [2.45, 2.75) is 19.9 Å². The third kappa shape index (κ3) is 2.27. The fourth-order valence-electron chi connectivity index (χ4n) is 2.29. The summed E-state index contributed by atoms with van der Waals surface area (Å²) in [5.41, 5.74) is 1.19. The van der Waals surface area contributed by atoms with Crippen molar-refractivity contribution in [3.8, 4) is 0 Å². The minimum atomic E-state index is -0.231. The minimum Gasteiger partial charge on any atom is -0.350 e. The Balaban J connectivity index is 2.33. The summed E-state index contributed by atoms with van der Waals surface area (Å²) in [6.07, 6.45) is 1.63. The highest BCUT2D eigenvalue weighted by Gasteiger charge is 2.14. The molecule has 0 saturated carbocycles. The predicted octanol–water partition coefficient (Wildman–Crippen LogP) is 1.99. The molecule has 0 bridgehead atoms. The molecule has 0 aliphatic heterocycles. The number of hydrogen-bond donors (Lipinski definition) is 1. The van der Waals surface area contributed by atoms with Crippen LogP contribution in [0.1, 0.15) is 24.2 Å². The van der Waals surface area contributed by atoms with E-state index in [9.17, 15) is 9.59 Å². The Bertz CT molecular complexity index is 897. The van der Waals surface area contributed by atoms with Crippen molar-refractivity contribution >= 4 is 22.5 Å². The Hall–Kier alpha value is -2.69. The largest absolute Gasteiger partial charge is 0.350 e. The van der Waals surface area contributed by atoms with E-state index in [1.165, 1.54) is 4.40 Å². The molecule has 0 aliphatic rings.